The van der Waals surface area contributed by atoms with Gasteiger partial charge >= 0.3 is 5.97 Å². The van der Waals surface area contributed by atoms with E-state index in [9.17, 15) is 9.90 Å². The largest absolute Gasteiger partial charge is 0.465 e. The summed E-state index contributed by atoms with van der Waals surface area (Å²) in [5.74, 6) is -0.280. The van der Waals surface area contributed by atoms with Crippen molar-refractivity contribution in [3.63, 3.8) is 0 Å². The van der Waals surface area contributed by atoms with Crippen LogP contribution in [-0.4, -0.2) is 44.1 Å². The molecule has 0 heterocycles. The molecule has 0 saturated heterocycles. The minimum absolute atomic E-state index is 0.280. The molecule has 0 rings (SSSR count). The first-order valence-corrected chi connectivity index (χ1v) is 11.8. The highest BCUT2D eigenvalue weighted by Crippen LogP contribution is 2.09. The van der Waals surface area contributed by atoms with E-state index in [4.69, 9.17) is 10.5 Å². The van der Waals surface area contributed by atoms with Crippen molar-refractivity contribution in [2.45, 2.75) is 83.5 Å². The van der Waals surface area contributed by atoms with Gasteiger partial charge in [0, 0.05) is 14.1 Å². The Labute approximate surface area is 130 Å². The highest BCUT2D eigenvalue weighted by molar-refractivity contribution is 6.76. The molecule has 0 aliphatic rings. The second-order valence-corrected chi connectivity index (χ2v) is 12.5. The standard InChI is InChI=1S/C15H34N2O3Si/c1-6-8-12(16)14(18)17-13(9-7-2)15(19)20-10-11-21(3,4)5/h12-14,17-18H,6-11,16H2,1-5H3. The van der Waals surface area contributed by atoms with Gasteiger partial charge in [-0.3, -0.25) is 10.1 Å². The number of rotatable bonds is 11. The van der Waals surface area contributed by atoms with Crippen molar-refractivity contribution >= 4 is 14.0 Å². The summed E-state index contributed by atoms with van der Waals surface area (Å²) in [7, 11) is -1.20. The summed E-state index contributed by atoms with van der Waals surface area (Å²) in [6.07, 6.45) is 2.24. The van der Waals surface area contributed by atoms with Crippen LogP contribution in [0.2, 0.25) is 25.7 Å². The maximum Gasteiger partial charge on any atom is 0.323 e. The fourth-order valence-electron chi connectivity index (χ4n) is 1.94. The Morgan fingerprint density at radius 2 is 1.81 bits per heavy atom. The summed E-state index contributed by atoms with van der Waals surface area (Å²) in [5, 5.41) is 12.9. The Hall–Kier alpha value is -0.433. The number of hydrogen-bond acceptors (Lipinski definition) is 5. The predicted molar refractivity (Wildman–Crippen MR) is 89.8 cm³/mol. The van der Waals surface area contributed by atoms with E-state index in [1.807, 2.05) is 13.8 Å². The molecule has 3 unspecified atom stereocenters. The van der Waals surface area contributed by atoms with E-state index in [1.165, 1.54) is 0 Å². The van der Waals surface area contributed by atoms with Crippen LogP contribution in [0.5, 0.6) is 0 Å². The van der Waals surface area contributed by atoms with Crippen molar-refractivity contribution in [1.29, 1.82) is 0 Å². The summed E-state index contributed by atoms with van der Waals surface area (Å²) in [5.41, 5.74) is 5.87. The van der Waals surface area contributed by atoms with Crippen molar-refractivity contribution in [2.75, 3.05) is 6.61 Å². The number of ether oxygens (including phenoxy) is 1. The molecule has 0 radical (unpaired) electrons. The van der Waals surface area contributed by atoms with Gasteiger partial charge < -0.3 is 15.6 Å². The quantitative estimate of drug-likeness (QED) is 0.308. The summed E-state index contributed by atoms with van der Waals surface area (Å²) in [6.45, 7) is 11.2. The van der Waals surface area contributed by atoms with Gasteiger partial charge in [-0.2, -0.15) is 0 Å². The molecule has 6 heteroatoms. The van der Waals surface area contributed by atoms with Crippen molar-refractivity contribution in [3.8, 4) is 0 Å². The number of aliphatic hydroxyl groups is 1. The zero-order chi connectivity index (χ0) is 16.5. The lowest BCUT2D eigenvalue weighted by Gasteiger charge is -2.25. The maximum absolute atomic E-state index is 12.1. The Morgan fingerprint density at radius 3 is 2.29 bits per heavy atom. The fraction of sp³-hybridized carbons (Fsp3) is 0.933. The van der Waals surface area contributed by atoms with Gasteiger partial charge in [0.1, 0.15) is 12.3 Å². The highest BCUT2D eigenvalue weighted by Gasteiger charge is 2.25. The van der Waals surface area contributed by atoms with Gasteiger partial charge in [-0.25, -0.2) is 0 Å². The number of aliphatic hydroxyl groups excluding tert-OH is 1. The van der Waals surface area contributed by atoms with Crippen molar-refractivity contribution in [1.82, 2.24) is 5.32 Å². The second-order valence-electron chi connectivity index (χ2n) is 6.88. The lowest BCUT2D eigenvalue weighted by Crippen LogP contribution is -2.52. The molecule has 3 atom stereocenters. The van der Waals surface area contributed by atoms with Gasteiger partial charge in [0.05, 0.1) is 6.61 Å². The first kappa shape index (κ1) is 20.6. The molecule has 0 aromatic carbocycles. The lowest BCUT2D eigenvalue weighted by atomic mass is 10.1. The Bertz CT molecular complexity index is 295. The number of nitrogens with two attached hydrogens (primary N) is 1. The third-order valence-electron chi connectivity index (χ3n) is 3.36. The number of carbonyl (C=O) groups is 1. The van der Waals surface area contributed by atoms with E-state index in [-0.39, 0.29) is 12.0 Å². The molecule has 0 amide bonds. The van der Waals surface area contributed by atoms with Crippen LogP contribution in [0.3, 0.4) is 0 Å². The minimum Gasteiger partial charge on any atom is -0.465 e. The average molecular weight is 319 g/mol. The lowest BCUT2D eigenvalue weighted by molar-refractivity contribution is -0.147. The van der Waals surface area contributed by atoms with E-state index in [0.717, 1.165) is 25.3 Å². The van der Waals surface area contributed by atoms with Gasteiger partial charge in [-0.15, -0.1) is 0 Å². The number of nitrogens with one attached hydrogen (secondary N) is 1. The molecule has 0 fully saturated rings. The van der Waals surface area contributed by atoms with Crippen molar-refractivity contribution in [3.05, 3.63) is 0 Å². The molecule has 0 aliphatic heterocycles. The first-order chi connectivity index (χ1) is 9.71. The Balaban J connectivity index is 4.35. The molecular formula is C15H34N2O3Si. The number of carbonyl (C=O) groups excluding carboxylic acids is 1. The van der Waals surface area contributed by atoms with Crippen LogP contribution in [0.4, 0.5) is 0 Å². The molecule has 5 nitrogen and oxygen atoms in total. The third-order valence-corrected chi connectivity index (χ3v) is 5.06. The number of esters is 1. The SMILES string of the molecule is CCCC(NC(O)C(N)CCC)C(=O)OCC[Si](C)(C)C. The third kappa shape index (κ3) is 10.0. The molecule has 4 N–H and O–H groups in total. The molecule has 21 heavy (non-hydrogen) atoms. The second kappa shape index (κ2) is 10.3. The minimum atomic E-state index is -1.20. The zero-order valence-corrected chi connectivity index (χ0v) is 15.3. The van der Waals surface area contributed by atoms with E-state index in [0.29, 0.717) is 13.0 Å². The Kier molecular flexibility index (Phi) is 10.1. The van der Waals surface area contributed by atoms with Crippen LogP contribution in [0.1, 0.15) is 39.5 Å². The van der Waals surface area contributed by atoms with Crippen LogP contribution in [0.25, 0.3) is 0 Å². The van der Waals surface area contributed by atoms with Gasteiger partial charge in [-0.05, 0) is 18.9 Å². The van der Waals surface area contributed by atoms with Crippen LogP contribution in [0, 0.1) is 0 Å². The summed E-state index contributed by atoms with van der Waals surface area (Å²) >= 11 is 0. The Morgan fingerprint density at radius 1 is 1.24 bits per heavy atom. The van der Waals surface area contributed by atoms with Gasteiger partial charge in [0.2, 0.25) is 0 Å². The van der Waals surface area contributed by atoms with Gasteiger partial charge in [-0.1, -0.05) is 46.3 Å². The topological polar surface area (TPSA) is 84.6 Å². The fourth-order valence-corrected chi connectivity index (χ4v) is 2.65. The number of hydrogen-bond donors (Lipinski definition) is 3. The molecule has 0 saturated carbocycles. The first-order valence-electron chi connectivity index (χ1n) is 8.07. The summed E-state index contributed by atoms with van der Waals surface area (Å²) in [4.78, 5) is 12.1. The molecule has 0 spiro atoms. The molecule has 0 aromatic heterocycles. The molecule has 0 aliphatic carbocycles. The van der Waals surface area contributed by atoms with Crippen LogP contribution in [0.15, 0.2) is 0 Å². The van der Waals surface area contributed by atoms with Gasteiger partial charge in [0.15, 0.2) is 0 Å². The van der Waals surface area contributed by atoms with E-state index in [2.05, 4.69) is 25.0 Å². The van der Waals surface area contributed by atoms with Crippen molar-refractivity contribution in [2.24, 2.45) is 5.73 Å². The van der Waals surface area contributed by atoms with Crippen molar-refractivity contribution < 1.29 is 14.6 Å². The molecule has 126 valence electrons. The highest BCUT2D eigenvalue weighted by atomic mass is 28.3. The zero-order valence-electron chi connectivity index (χ0n) is 14.3. The van der Waals surface area contributed by atoms with E-state index in [1.54, 1.807) is 0 Å². The van der Waals surface area contributed by atoms with E-state index < -0.39 is 20.3 Å². The maximum atomic E-state index is 12.1. The molecule has 0 bridgehead atoms. The molecular weight excluding hydrogens is 284 g/mol. The van der Waals surface area contributed by atoms with Crippen LogP contribution >= 0.6 is 0 Å². The summed E-state index contributed by atoms with van der Waals surface area (Å²) < 4.78 is 5.35. The van der Waals surface area contributed by atoms with E-state index >= 15 is 0 Å². The monoisotopic (exact) mass is 318 g/mol. The summed E-state index contributed by atoms with van der Waals surface area (Å²) in [6, 6.07) is 0.119. The normalized spacial score (nSPS) is 16.3. The van der Waals surface area contributed by atoms with Gasteiger partial charge in [0.25, 0.3) is 0 Å². The van der Waals surface area contributed by atoms with Crippen LogP contribution < -0.4 is 11.1 Å². The predicted octanol–water partition coefficient (Wildman–Crippen LogP) is 2.07. The molecule has 0 aromatic rings. The van der Waals surface area contributed by atoms with Crippen LogP contribution in [-0.2, 0) is 9.53 Å². The smallest absolute Gasteiger partial charge is 0.323 e. The average Bonchev–Trinajstić information content (AvgIpc) is 2.36.